The van der Waals surface area contributed by atoms with Crippen LogP contribution in [-0.4, -0.2) is 64.5 Å². The number of alkyl halides is 3. The maximum absolute atomic E-state index is 13.3. The summed E-state index contributed by atoms with van der Waals surface area (Å²) in [7, 11) is -3.57. The van der Waals surface area contributed by atoms with Crippen LogP contribution in [0.15, 0.2) is 54.5 Å². The minimum Gasteiger partial charge on any atom is -0.492 e. The molecule has 3 N–H and O–H groups in total. The fourth-order valence-corrected chi connectivity index (χ4v) is 5.57. The Morgan fingerprint density at radius 3 is 2.55 bits per heavy atom. The summed E-state index contributed by atoms with van der Waals surface area (Å²) in [6, 6.07) is 9.16. The van der Waals surface area contributed by atoms with Gasteiger partial charge in [-0.3, -0.25) is 9.59 Å². The molecule has 2 aliphatic heterocycles. The number of piperidine rings is 1. The standard InChI is InChI=1S/C29H35F3N4O5S/c1-2-42(39,40)35-17-21-11-13-36(18-21)28(38)23-7-10-26(41-19-22-4-3-12-33-15-22)25(14-23)27(37)34-16-20-5-8-24(9-6-20)29(30,31)32/h2,5-10,14,21-22,33,35H,1,3-4,11-13,15-19H2,(H,34,37)/t21-,22?/m0/s1. The van der Waals surface area contributed by atoms with Crippen LogP contribution in [0.4, 0.5) is 13.2 Å². The van der Waals surface area contributed by atoms with E-state index in [4.69, 9.17) is 4.74 Å². The zero-order valence-corrected chi connectivity index (χ0v) is 23.9. The molecule has 2 aliphatic rings. The van der Waals surface area contributed by atoms with Crippen LogP contribution in [0.3, 0.4) is 0 Å². The monoisotopic (exact) mass is 608 g/mol. The van der Waals surface area contributed by atoms with Gasteiger partial charge in [-0.1, -0.05) is 18.7 Å². The molecule has 9 nitrogen and oxygen atoms in total. The molecule has 0 bridgehead atoms. The lowest BCUT2D eigenvalue weighted by molar-refractivity contribution is -0.137. The number of hydrogen-bond acceptors (Lipinski definition) is 6. The molecule has 2 heterocycles. The first-order chi connectivity index (χ1) is 19.9. The molecule has 2 aromatic carbocycles. The highest BCUT2D eigenvalue weighted by Crippen LogP contribution is 2.29. The summed E-state index contributed by atoms with van der Waals surface area (Å²) in [4.78, 5) is 28.2. The van der Waals surface area contributed by atoms with Gasteiger partial charge in [0, 0.05) is 49.6 Å². The fourth-order valence-electron chi connectivity index (χ4n) is 4.99. The number of carbonyl (C=O) groups excluding carboxylic acids is 2. The molecule has 228 valence electrons. The second kappa shape index (κ2) is 13.7. The van der Waals surface area contributed by atoms with E-state index >= 15 is 0 Å². The lowest BCUT2D eigenvalue weighted by Gasteiger charge is -2.23. The minimum absolute atomic E-state index is 0.0183. The summed E-state index contributed by atoms with van der Waals surface area (Å²) < 4.78 is 70.5. The van der Waals surface area contributed by atoms with Crippen molar-refractivity contribution in [3.63, 3.8) is 0 Å². The molecule has 4 rings (SSSR count). The van der Waals surface area contributed by atoms with Crippen molar-refractivity contribution in [1.29, 1.82) is 0 Å². The summed E-state index contributed by atoms with van der Waals surface area (Å²) in [5.74, 6) is -0.325. The van der Waals surface area contributed by atoms with Gasteiger partial charge < -0.3 is 20.3 Å². The minimum atomic E-state index is -4.45. The summed E-state index contributed by atoms with van der Waals surface area (Å²) in [5, 5.41) is 6.87. The first-order valence-electron chi connectivity index (χ1n) is 13.8. The average molecular weight is 609 g/mol. The number of carbonyl (C=O) groups is 2. The number of nitrogens with one attached hydrogen (secondary N) is 3. The van der Waals surface area contributed by atoms with Crippen molar-refractivity contribution in [3.8, 4) is 5.75 Å². The topological polar surface area (TPSA) is 117 Å². The highest BCUT2D eigenvalue weighted by atomic mass is 32.2. The van der Waals surface area contributed by atoms with Crippen molar-refractivity contribution in [2.45, 2.75) is 32.0 Å². The molecular formula is C29H35F3N4O5S. The molecule has 2 saturated heterocycles. The van der Waals surface area contributed by atoms with Crippen LogP contribution >= 0.6 is 0 Å². The Kier molecular flexibility index (Phi) is 10.3. The number of ether oxygens (including phenoxy) is 1. The van der Waals surface area contributed by atoms with Gasteiger partial charge in [-0.15, -0.1) is 0 Å². The normalized spacial score (nSPS) is 19.4. The van der Waals surface area contributed by atoms with E-state index in [2.05, 4.69) is 21.9 Å². The smallest absolute Gasteiger partial charge is 0.416 e. The molecule has 1 unspecified atom stereocenters. The molecule has 2 aromatic rings. The molecule has 13 heteroatoms. The third kappa shape index (κ3) is 8.55. The predicted octanol–water partition coefficient (Wildman–Crippen LogP) is 3.54. The molecule has 2 fully saturated rings. The second-order valence-corrected chi connectivity index (χ2v) is 12.3. The number of rotatable bonds is 11. The Morgan fingerprint density at radius 2 is 1.88 bits per heavy atom. The Labute approximate surface area is 243 Å². The van der Waals surface area contributed by atoms with E-state index in [-0.39, 0.29) is 42.0 Å². The van der Waals surface area contributed by atoms with Gasteiger partial charge in [0.15, 0.2) is 0 Å². The predicted molar refractivity (Wildman–Crippen MR) is 151 cm³/mol. The number of benzene rings is 2. The van der Waals surface area contributed by atoms with Gasteiger partial charge >= 0.3 is 6.18 Å². The zero-order chi connectivity index (χ0) is 30.3. The van der Waals surface area contributed by atoms with E-state index in [1.807, 2.05) is 0 Å². The molecule has 0 aromatic heterocycles. The van der Waals surface area contributed by atoms with Crippen LogP contribution in [0, 0.1) is 11.8 Å². The van der Waals surface area contributed by atoms with E-state index in [0.717, 1.165) is 43.5 Å². The van der Waals surface area contributed by atoms with E-state index < -0.39 is 27.7 Å². The van der Waals surface area contributed by atoms with E-state index in [1.54, 1.807) is 17.0 Å². The Balaban J connectivity index is 1.46. The van der Waals surface area contributed by atoms with Crippen molar-refractivity contribution in [2.75, 3.05) is 39.3 Å². The molecule has 0 spiro atoms. The Bertz CT molecular complexity index is 1380. The maximum atomic E-state index is 13.3. The maximum Gasteiger partial charge on any atom is 0.416 e. The van der Waals surface area contributed by atoms with Gasteiger partial charge in [0.25, 0.3) is 11.8 Å². The quantitative estimate of drug-likeness (QED) is 0.360. The Hall–Kier alpha value is -3.42. The van der Waals surface area contributed by atoms with Gasteiger partial charge in [0.05, 0.1) is 17.7 Å². The number of likely N-dealkylation sites (tertiary alicyclic amines) is 1. The lowest BCUT2D eigenvalue weighted by atomic mass is 10.0. The number of hydrogen-bond donors (Lipinski definition) is 3. The molecule has 0 aliphatic carbocycles. The van der Waals surface area contributed by atoms with E-state index in [1.165, 1.54) is 18.2 Å². The molecule has 2 amide bonds. The summed E-state index contributed by atoms with van der Waals surface area (Å²) >= 11 is 0. The van der Waals surface area contributed by atoms with E-state index in [0.29, 0.717) is 37.4 Å². The highest BCUT2D eigenvalue weighted by molar-refractivity contribution is 7.92. The zero-order valence-electron chi connectivity index (χ0n) is 23.1. The summed E-state index contributed by atoms with van der Waals surface area (Å²) in [6.07, 6.45) is -1.83. The van der Waals surface area contributed by atoms with Gasteiger partial charge in [0.1, 0.15) is 5.75 Å². The van der Waals surface area contributed by atoms with Gasteiger partial charge in [0.2, 0.25) is 10.0 Å². The van der Waals surface area contributed by atoms with Crippen molar-refractivity contribution in [3.05, 3.63) is 76.7 Å². The van der Waals surface area contributed by atoms with Crippen LogP contribution in [0.5, 0.6) is 5.75 Å². The third-order valence-corrected chi connectivity index (χ3v) is 8.45. The SMILES string of the molecule is C=CS(=O)(=O)NC[C@@H]1CCN(C(=O)c2ccc(OCC3CCCNC3)c(C(=O)NCc3ccc(C(F)(F)F)cc3)c2)C1. The molecular weight excluding hydrogens is 573 g/mol. The summed E-state index contributed by atoms with van der Waals surface area (Å²) in [5.41, 5.74) is 0.119. The number of sulfonamides is 1. The van der Waals surface area contributed by atoms with Gasteiger partial charge in [-0.05, 0) is 67.6 Å². The van der Waals surface area contributed by atoms with E-state index in [9.17, 15) is 31.2 Å². The summed E-state index contributed by atoms with van der Waals surface area (Å²) in [6.45, 7) is 6.34. The van der Waals surface area contributed by atoms with Gasteiger partial charge in [-0.2, -0.15) is 13.2 Å². The lowest BCUT2D eigenvalue weighted by Crippen LogP contribution is -2.33. The van der Waals surface area contributed by atoms with Crippen molar-refractivity contribution >= 4 is 21.8 Å². The number of nitrogens with zero attached hydrogens (tertiary/aromatic N) is 1. The van der Waals surface area contributed by atoms with Gasteiger partial charge in [-0.25, -0.2) is 13.1 Å². The van der Waals surface area contributed by atoms with Crippen LogP contribution in [-0.2, 0) is 22.7 Å². The molecule has 2 atom stereocenters. The third-order valence-electron chi connectivity index (χ3n) is 7.44. The van der Waals surface area contributed by atoms with Crippen LogP contribution in [0.25, 0.3) is 0 Å². The number of amides is 2. The van der Waals surface area contributed by atoms with Crippen LogP contribution in [0.2, 0.25) is 0 Å². The first kappa shape index (κ1) is 31.5. The van der Waals surface area contributed by atoms with Crippen LogP contribution < -0.4 is 20.1 Å². The fraction of sp³-hybridized carbons (Fsp3) is 0.448. The molecule has 0 saturated carbocycles. The Morgan fingerprint density at radius 1 is 1.12 bits per heavy atom. The van der Waals surface area contributed by atoms with Crippen molar-refractivity contribution in [2.24, 2.45) is 11.8 Å². The second-order valence-electron chi connectivity index (χ2n) is 10.6. The highest BCUT2D eigenvalue weighted by Gasteiger charge is 2.30. The first-order valence-corrected chi connectivity index (χ1v) is 15.3. The molecule has 0 radical (unpaired) electrons. The van der Waals surface area contributed by atoms with Crippen molar-refractivity contribution < 1.29 is 35.9 Å². The molecule has 42 heavy (non-hydrogen) atoms. The van der Waals surface area contributed by atoms with Crippen LogP contribution in [0.1, 0.15) is 51.1 Å². The van der Waals surface area contributed by atoms with Crippen molar-refractivity contribution in [1.82, 2.24) is 20.3 Å². The average Bonchev–Trinajstić information content (AvgIpc) is 3.47. The largest absolute Gasteiger partial charge is 0.492 e. The number of halogens is 3.